The summed E-state index contributed by atoms with van der Waals surface area (Å²) in [5.74, 6) is 0. The fourth-order valence-electron chi connectivity index (χ4n) is 0.558. The van der Waals surface area contributed by atoms with Gasteiger partial charge in [-0.1, -0.05) is 0 Å². The molecule has 35 valence electrons. The van der Waals surface area contributed by atoms with Crippen LogP contribution in [0.5, 0.6) is 0 Å². The minimum absolute atomic E-state index is 0.560. The van der Waals surface area contributed by atoms with E-state index in [1.807, 2.05) is 0 Å². The van der Waals surface area contributed by atoms with Gasteiger partial charge >= 0.3 is 0 Å². The number of nitrogens with one attached hydrogen (secondary N) is 1. The lowest BCUT2D eigenvalue weighted by Crippen LogP contribution is -2.18. The van der Waals surface area contributed by atoms with E-state index in [4.69, 9.17) is 0 Å². The smallest absolute Gasteiger partial charge is 0.0400 e. The van der Waals surface area contributed by atoms with Gasteiger partial charge in [0.05, 0.1) is 0 Å². The molecule has 1 radical (unpaired) electrons. The van der Waals surface area contributed by atoms with Crippen molar-refractivity contribution in [2.75, 3.05) is 6.54 Å². The van der Waals surface area contributed by atoms with Crippen molar-refractivity contribution in [1.82, 2.24) is 10.9 Å². The summed E-state index contributed by atoms with van der Waals surface area (Å²) in [7, 11) is 0. The van der Waals surface area contributed by atoms with Crippen LogP contribution >= 0.6 is 0 Å². The van der Waals surface area contributed by atoms with Crippen molar-refractivity contribution in [1.29, 1.82) is 0 Å². The van der Waals surface area contributed by atoms with Crippen LogP contribution in [0.25, 0.3) is 0 Å². The highest BCUT2D eigenvalue weighted by Gasteiger charge is 2.06. The van der Waals surface area contributed by atoms with Crippen molar-refractivity contribution in [2.24, 2.45) is 0 Å². The van der Waals surface area contributed by atoms with Gasteiger partial charge in [0.1, 0.15) is 0 Å². The quantitative estimate of drug-likeness (QED) is 0.436. The molecule has 1 N–H and O–H groups in total. The van der Waals surface area contributed by atoms with E-state index < -0.39 is 0 Å². The SMILES string of the molecule is CC1CCN[N]1. The van der Waals surface area contributed by atoms with Gasteiger partial charge in [-0.25, -0.2) is 5.43 Å². The molecule has 0 spiro atoms. The molecule has 2 heteroatoms. The van der Waals surface area contributed by atoms with Crippen LogP contribution in [0.3, 0.4) is 0 Å². The zero-order valence-corrected chi connectivity index (χ0v) is 3.94. The molecule has 1 aliphatic heterocycles. The van der Waals surface area contributed by atoms with Gasteiger partial charge in [-0.15, -0.1) is 0 Å². The van der Waals surface area contributed by atoms with Crippen molar-refractivity contribution >= 4 is 0 Å². The largest absolute Gasteiger partial charge is 0.240 e. The first-order valence-electron chi connectivity index (χ1n) is 2.32. The van der Waals surface area contributed by atoms with Gasteiger partial charge in [0.15, 0.2) is 0 Å². The summed E-state index contributed by atoms with van der Waals surface area (Å²) in [6.07, 6.45) is 1.21. The Morgan fingerprint density at radius 3 is 2.83 bits per heavy atom. The summed E-state index contributed by atoms with van der Waals surface area (Å²) < 4.78 is 0. The van der Waals surface area contributed by atoms with Gasteiger partial charge in [-0.05, 0) is 13.3 Å². The number of nitrogens with zero attached hydrogens (tertiary/aromatic N) is 1. The minimum Gasteiger partial charge on any atom is -0.240 e. The number of hydrogen-bond acceptors (Lipinski definition) is 1. The van der Waals surface area contributed by atoms with Crippen molar-refractivity contribution in [3.05, 3.63) is 0 Å². The van der Waals surface area contributed by atoms with E-state index in [9.17, 15) is 0 Å². The maximum Gasteiger partial charge on any atom is 0.0400 e. The molecule has 0 amide bonds. The summed E-state index contributed by atoms with van der Waals surface area (Å²) in [6.45, 7) is 3.18. The van der Waals surface area contributed by atoms with E-state index in [1.54, 1.807) is 0 Å². The Kier molecular flexibility index (Phi) is 1.08. The first-order valence-corrected chi connectivity index (χ1v) is 2.32. The minimum atomic E-state index is 0.560. The fourth-order valence-corrected chi connectivity index (χ4v) is 0.558. The molecule has 0 saturated carbocycles. The van der Waals surface area contributed by atoms with Gasteiger partial charge in [0.2, 0.25) is 0 Å². The van der Waals surface area contributed by atoms with E-state index >= 15 is 0 Å². The lowest BCUT2D eigenvalue weighted by atomic mass is 10.3. The molecule has 1 saturated heterocycles. The highest BCUT2D eigenvalue weighted by atomic mass is 15.4. The summed E-state index contributed by atoms with van der Waals surface area (Å²) in [5, 5.41) is 0. The molecular weight excluding hydrogens is 76.1 g/mol. The second-order valence-electron chi connectivity index (χ2n) is 1.67. The molecule has 0 aliphatic carbocycles. The topological polar surface area (TPSA) is 26.1 Å². The standard InChI is InChI=1S/C4H9N2/c1-4-2-3-5-6-4/h4-5H,2-3H2,1H3. The second-order valence-corrected chi connectivity index (χ2v) is 1.67. The molecule has 0 aromatic heterocycles. The Bertz CT molecular complexity index is 38.8. The molecule has 6 heavy (non-hydrogen) atoms. The summed E-state index contributed by atoms with van der Waals surface area (Å²) >= 11 is 0. The Morgan fingerprint density at radius 1 is 1.83 bits per heavy atom. The summed E-state index contributed by atoms with van der Waals surface area (Å²) in [5.41, 5.74) is 6.88. The fraction of sp³-hybridized carbons (Fsp3) is 1.00. The highest BCUT2D eigenvalue weighted by molar-refractivity contribution is 4.63. The van der Waals surface area contributed by atoms with Crippen LogP contribution in [0, 0.1) is 0 Å². The summed E-state index contributed by atoms with van der Waals surface area (Å²) in [4.78, 5) is 0. The lowest BCUT2D eigenvalue weighted by molar-refractivity contribution is 0.578. The third-order valence-corrected chi connectivity index (χ3v) is 0.986. The van der Waals surface area contributed by atoms with E-state index in [0.717, 1.165) is 6.54 Å². The van der Waals surface area contributed by atoms with Gasteiger partial charge in [0, 0.05) is 12.6 Å². The Balaban J connectivity index is 2.18. The van der Waals surface area contributed by atoms with Crippen LogP contribution in [0.1, 0.15) is 13.3 Å². The normalized spacial score (nSPS) is 34.5. The Labute approximate surface area is 37.9 Å². The molecule has 1 fully saturated rings. The Hall–Kier alpha value is -0.0800. The van der Waals surface area contributed by atoms with Crippen molar-refractivity contribution < 1.29 is 0 Å². The molecule has 0 aromatic carbocycles. The zero-order chi connectivity index (χ0) is 4.41. The Morgan fingerprint density at radius 2 is 2.67 bits per heavy atom. The average Bonchev–Trinajstić information content (AvgIpc) is 1.86. The third kappa shape index (κ3) is 0.698. The molecule has 0 aromatic rings. The predicted molar refractivity (Wildman–Crippen MR) is 24.2 cm³/mol. The molecule has 1 rings (SSSR count). The monoisotopic (exact) mass is 85.1 g/mol. The molecule has 2 nitrogen and oxygen atoms in total. The lowest BCUT2D eigenvalue weighted by Gasteiger charge is -1.90. The maximum absolute atomic E-state index is 3.99. The highest BCUT2D eigenvalue weighted by Crippen LogP contribution is 1.92. The van der Waals surface area contributed by atoms with Gasteiger partial charge < -0.3 is 0 Å². The van der Waals surface area contributed by atoms with Crippen LogP contribution in [-0.4, -0.2) is 12.6 Å². The molecule has 1 heterocycles. The van der Waals surface area contributed by atoms with Crippen LogP contribution < -0.4 is 10.9 Å². The maximum atomic E-state index is 3.99. The molecule has 1 atom stereocenters. The third-order valence-electron chi connectivity index (χ3n) is 0.986. The first kappa shape index (κ1) is 4.09. The van der Waals surface area contributed by atoms with Crippen molar-refractivity contribution in [2.45, 2.75) is 19.4 Å². The number of rotatable bonds is 0. The van der Waals surface area contributed by atoms with E-state index in [1.165, 1.54) is 6.42 Å². The second kappa shape index (κ2) is 1.58. The van der Waals surface area contributed by atoms with Crippen LogP contribution in [0.15, 0.2) is 0 Å². The first-order chi connectivity index (χ1) is 2.89. The van der Waals surface area contributed by atoms with E-state index in [2.05, 4.69) is 17.8 Å². The van der Waals surface area contributed by atoms with Gasteiger partial charge in [0.25, 0.3) is 0 Å². The van der Waals surface area contributed by atoms with Crippen LogP contribution in [0.4, 0.5) is 0 Å². The van der Waals surface area contributed by atoms with E-state index in [0.29, 0.717) is 6.04 Å². The molecule has 1 aliphatic rings. The predicted octanol–water partition coefficient (Wildman–Crippen LogP) is -0.112. The van der Waals surface area contributed by atoms with Crippen LogP contribution in [0.2, 0.25) is 0 Å². The van der Waals surface area contributed by atoms with E-state index in [-0.39, 0.29) is 0 Å². The van der Waals surface area contributed by atoms with Gasteiger partial charge in [-0.3, -0.25) is 0 Å². The van der Waals surface area contributed by atoms with Crippen molar-refractivity contribution in [3.63, 3.8) is 0 Å². The zero-order valence-electron chi connectivity index (χ0n) is 3.94. The van der Waals surface area contributed by atoms with Crippen molar-refractivity contribution in [3.8, 4) is 0 Å². The van der Waals surface area contributed by atoms with Gasteiger partial charge in [-0.2, -0.15) is 5.43 Å². The summed E-state index contributed by atoms with van der Waals surface area (Å²) in [6, 6.07) is 0.560. The number of hydrogen-bond donors (Lipinski definition) is 1. The molecule has 1 unspecified atom stereocenters. The van der Waals surface area contributed by atoms with Crippen LogP contribution in [-0.2, 0) is 0 Å². The average molecular weight is 85.1 g/mol. The molecular formula is C4H9N2. The molecule has 0 bridgehead atoms.